The van der Waals surface area contributed by atoms with Crippen LogP contribution in [-0.2, 0) is 4.79 Å². The molecule has 1 aromatic heterocycles. The van der Waals surface area contributed by atoms with Crippen LogP contribution in [0.15, 0.2) is 53.6 Å². The van der Waals surface area contributed by atoms with E-state index in [-0.39, 0.29) is 6.54 Å². The number of halogens is 2. The summed E-state index contributed by atoms with van der Waals surface area (Å²) in [6, 6.07) is 14.5. The Morgan fingerprint density at radius 2 is 1.81 bits per heavy atom. The summed E-state index contributed by atoms with van der Waals surface area (Å²) in [5.74, 6) is -0.839. The van der Waals surface area contributed by atoms with Crippen molar-refractivity contribution in [3.05, 3.63) is 69.0 Å². The summed E-state index contributed by atoms with van der Waals surface area (Å²) in [5, 5.41) is 8.20. The summed E-state index contributed by atoms with van der Waals surface area (Å²) in [4.78, 5) is 24.4. The van der Waals surface area contributed by atoms with E-state index in [4.69, 9.17) is 23.2 Å². The Bertz CT molecular complexity index is 984. The molecule has 26 heavy (non-hydrogen) atoms. The minimum atomic E-state index is -0.444. The molecular formula is C18H13Cl2N3O2S. The van der Waals surface area contributed by atoms with Crippen LogP contribution in [0.3, 0.4) is 0 Å². The van der Waals surface area contributed by atoms with Crippen molar-refractivity contribution in [3.63, 3.8) is 0 Å². The molecule has 0 bridgehead atoms. The van der Waals surface area contributed by atoms with Gasteiger partial charge >= 0.3 is 0 Å². The molecule has 2 N–H and O–H groups in total. The van der Waals surface area contributed by atoms with E-state index >= 15 is 0 Å². The molecule has 0 saturated carbocycles. The van der Waals surface area contributed by atoms with Gasteiger partial charge in [-0.05, 0) is 23.8 Å². The molecule has 1 heterocycles. The second-order valence-corrected chi connectivity index (χ2v) is 7.14. The largest absolute Gasteiger partial charge is 0.342 e. The maximum absolute atomic E-state index is 12.3. The summed E-state index contributed by atoms with van der Waals surface area (Å²) >= 11 is 13.3. The van der Waals surface area contributed by atoms with Gasteiger partial charge in [-0.3, -0.25) is 9.59 Å². The van der Waals surface area contributed by atoms with Crippen molar-refractivity contribution in [2.45, 2.75) is 0 Å². The lowest BCUT2D eigenvalue weighted by Crippen LogP contribution is -2.34. The molecule has 0 saturated heterocycles. The minimum absolute atomic E-state index is 0.207. The van der Waals surface area contributed by atoms with Gasteiger partial charge < -0.3 is 5.32 Å². The molecule has 2 aromatic carbocycles. The van der Waals surface area contributed by atoms with Crippen LogP contribution in [0.25, 0.3) is 10.1 Å². The number of hydrazone groups is 1. The third-order valence-electron chi connectivity index (χ3n) is 3.42. The summed E-state index contributed by atoms with van der Waals surface area (Å²) in [6.07, 6.45) is 1.49. The van der Waals surface area contributed by atoms with E-state index in [9.17, 15) is 9.59 Å². The quantitative estimate of drug-likeness (QED) is 0.495. The lowest BCUT2D eigenvalue weighted by molar-refractivity contribution is -0.120. The van der Waals surface area contributed by atoms with Crippen LogP contribution in [0.1, 0.15) is 15.2 Å². The molecule has 3 rings (SSSR count). The SMILES string of the molecule is O=C(CNC(=O)c1sc2ccccc2c1Cl)N/N=C\c1ccc(Cl)cc1. The van der Waals surface area contributed by atoms with Gasteiger partial charge in [-0.15, -0.1) is 11.3 Å². The van der Waals surface area contributed by atoms with Gasteiger partial charge in [0.1, 0.15) is 4.88 Å². The number of hydrogen-bond acceptors (Lipinski definition) is 4. The summed E-state index contributed by atoms with van der Waals surface area (Å²) in [5.41, 5.74) is 3.13. The number of nitrogens with zero attached hydrogens (tertiary/aromatic N) is 1. The molecule has 5 nitrogen and oxygen atoms in total. The van der Waals surface area contributed by atoms with E-state index in [2.05, 4.69) is 15.8 Å². The van der Waals surface area contributed by atoms with Crippen LogP contribution in [0.4, 0.5) is 0 Å². The molecule has 3 aromatic rings. The van der Waals surface area contributed by atoms with Crippen LogP contribution in [0.5, 0.6) is 0 Å². The Morgan fingerprint density at radius 3 is 2.54 bits per heavy atom. The molecule has 2 amide bonds. The molecule has 0 aliphatic rings. The fraction of sp³-hybridized carbons (Fsp3) is 0.0556. The predicted octanol–water partition coefficient (Wildman–Crippen LogP) is 4.09. The molecule has 0 fully saturated rings. The van der Waals surface area contributed by atoms with Gasteiger partial charge in [0.25, 0.3) is 11.8 Å². The van der Waals surface area contributed by atoms with Gasteiger partial charge in [-0.1, -0.05) is 53.5 Å². The van der Waals surface area contributed by atoms with Crippen molar-refractivity contribution < 1.29 is 9.59 Å². The number of fused-ring (bicyclic) bond motifs is 1. The van der Waals surface area contributed by atoms with Gasteiger partial charge in [0.05, 0.1) is 17.8 Å². The average molecular weight is 406 g/mol. The Hall–Kier alpha value is -2.41. The lowest BCUT2D eigenvalue weighted by atomic mass is 10.2. The zero-order chi connectivity index (χ0) is 18.5. The minimum Gasteiger partial charge on any atom is -0.342 e. The highest BCUT2D eigenvalue weighted by Gasteiger charge is 2.17. The van der Waals surface area contributed by atoms with Crippen LogP contribution in [-0.4, -0.2) is 24.6 Å². The third kappa shape index (κ3) is 4.40. The van der Waals surface area contributed by atoms with Crippen molar-refractivity contribution in [1.82, 2.24) is 10.7 Å². The number of carbonyl (C=O) groups is 2. The molecule has 0 aliphatic heterocycles. The fourth-order valence-electron chi connectivity index (χ4n) is 2.17. The first-order valence-electron chi connectivity index (χ1n) is 7.57. The molecule has 132 valence electrons. The molecule has 0 spiro atoms. The third-order valence-corrected chi connectivity index (χ3v) is 5.35. The van der Waals surface area contributed by atoms with Crippen molar-refractivity contribution in [1.29, 1.82) is 0 Å². The monoisotopic (exact) mass is 405 g/mol. The first-order valence-corrected chi connectivity index (χ1v) is 9.14. The van der Waals surface area contributed by atoms with E-state index in [1.54, 1.807) is 24.3 Å². The van der Waals surface area contributed by atoms with Crippen LogP contribution in [0, 0.1) is 0 Å². The highest BCUT2D eigenvalue weighted by atomic mass is 35.5. The average Bonchev–Trinajstić information content (AvgIpc) is 2.98. The Morgan fingerprint density at radius 1 is 1.08 bits per heavy atom. The zero-order valence-corrected chi connectivity index (χ0v) is 15.7. The number of amides is 2. The molecular weight excluding hydrogens is 393 g/mol. The maximum Gasteiger partial charge on any atom is 0.263 e. The van der Waals surface area contributed by atoms with Crippen LogP contribution in [0.2, 0.25) is 10.0 Å². The zero-order valence-electron chi connectivity index (χ0n) is 13.3. The standard InChI is InChI=1S/C18H13Cl2N3O2S/c19-12-7-5-11(6-8-12)9-22-23-15(24)10-21-18(25)17-16(20)13-3-1-2-4-14(13)26-17/h1-9H,10H2,(H,21,25)(H,23,24)/b22-9-. The molecule has 0 radical (unpaired) electrons. The molecule has 8 heteroatoms. The first-order chi connectivity index (χ1) is 12.5. The highest BCUT2D eigenvalue weighted by molar-refractivity contribution is 7.21. The normalized spacial score (nSPS) is 11.0. The van der Waals surface area contributed by atoms with Crippen LogP contribution >= 0.6 is 34.5 Å². The summed E-state index contributed by atoms with van der Waals surface area (Å²) in [6.45, 7) is -0.207. The van der Waals surface area contributed by atoms with Crippen molar-refractivity contribution in [2.75, 3.05) is 6.54 Å². The van der Waals surface area contributed by atoms with Gasteiger partial charge in [0.2, 0.25) is 0 Å². The summed E-state index contributed by atoms with van der Waals surface area (Å²) in [7, 11) is 0. The molecule has 0 unspecified atom stereocenters. The molecule has 0 atom stereocenters. The number of hydrogen-bond donors (Lipinski definition) is 2. The lowest BCUT2D eigenvalue weighted by Gasteiger charge is -2.03. The van der Waals surface area contributed by atoms with Crippen molar-refractivity contribution in [3.8, 4) is 0 Å². The van der Waals surface area contributed by atoms with E-state index in [0.717, 1.165) is 15.6 Å². The first kappa shape index (κ1) is 18.4. The topological polar surface area (TPSA) is 70.6 Å². The number of carbonyl (C=O) groups excluding carboxylic acids is 2. The highest BCUT2D eigenvalue weighted by Crippen LogP contribution is 2.34. The molecule has 0 aliphatic carbocycles. The van der Waals surface area contributed by atoms with Gasteiger partial charge in [0, 0.05) is 15.1 Å². The smallest absolute Gasteiger partial charge is 0.263 e. The van der Waals surface area contributed by atoms with Crippen molar-refractivity contribution >= 4 is 62.7 Å². The van der Waals surface area contributed by atoms with Gasteiger partial charge in [0.15, 0.2) is 0 Å². The Kier molecular flexibility index (Phi) is 5.88. The number of benzene rings is 2. The number of nitrogens with one attached hydrogen (secondary N) is 2. The number of thiophene rings is 1. The van der Waals surface area contributed by atoms with E-state index in [1.165, 1.54) is 17.6 Å². The number of rotatable bonds is 5. The fourth-order valence-corrected chi connectivity index (χ4v) is 3.73. The maximum atomic E-state index is 12.3. The van der Waals surface area contributed by atoms with E-state index in [1.807, 2.05) is 24.3 Å². The second kappa shape index (κ2) is 8.31. The predicted molar refractivity (Wildman–Crippen MR) is 106 cm³/mol. The Balaban J connectivity index is 1.54. The van der Waals surface area contributed by atoms with E-state index < -0.39 is 11.8 Å². The van der Waals surface area contributed by atoms with Crippen LogP contribution < -0.4 is 10.7 Å². The van der Waals surface area contributed by atoms with Gasteiger partial charge in [-0.25, -0.2) is 5.43 Å². The van der Waals surface area contributed by atoms with Gasteiger partial charge in [-0.2, -0.15) is 5.10 Å². The summed E-state index contributed by atoms with van der Waals surface area (Å²) < 4.78 is 0.916. The Labute approximate surface area is 163 Å². The van der Waals surface area contributed by atoms with E-state index in [0.29, 0.717) is 14.9 Å². The second-order valence-electron chi connectivity index (χ2n) is 5.27. The van der Waals surface area contributed by atoms with Crippen molar-refractivity contribution in [2.24, 2.45) is 5.10 Å².